The second-order valence-electron chi connectivity index (χ2n) is 5.60. The summed E-state index contributed by atoms with van der Waals surface area (Å²) in [6.45, 7) is 17.8. The van der Waals surface area contributed by atoms with Gasteiger partial charge in [-0.2, -0.15) is 0 Å². The van der Waals surface area contributed by atoms with Crippen molar-refractivity contribution in [1.82, 2.24) is 4.90 Å². The summed E-state index contributed by atoms with van der Waals surface area (Å²) in [6.07, 6.45) is 1.97. The van der Waals surface area contributed by atoms with E-state index >= 15 is 0 Å². The molecule has 0 spiro atoms. The maximum Gasteiger partial charge on any atom is 0.0165 e. The predicted octanol–water partition coefficient (Wildman–Crippen LogP) is 2.50. The molecule has 0 bridgehead atoms. The Kier molecular flexibility index (Phi) is 6.15. The van der Waals surface area contributed by atoms with E-state index in [9.17, 15) is 0 Å². The van der Waals surface area contributed by atoms with E-state index in [0.29, 0.717) is 11.8 Å². The average molecular weight is 212 g/mol. The summed E-state index contributed by atoms with van der Waals surface area (Å²) >= 11 is 0. The third-order valence-electron chi connectivity index (χ3n) is 3.00. The summed E-state index contributed by atoms with van der Waals surface area (Å²) in [5, 5.41) is 0. The number of nitrogens with two attached hydrogens (primary N) is 1. The van der Waals surface area contributed by atoms with Gasteiger partial charge in [0.2, 0.25) is 0 Å². The second-order valence-corrected chi connectivity index (χ2v) is 5.60. The first-order chi connectivity index (χ1) is 6.82. The molecule has 1 unspecified atom stereocenters. The van der Waals surface area contributed by atoms with Gasteiger partial charge < -0.3 is 5.73 Å². The van der Waals surface area contributed by atoms with Gasteiger partial charge in [-0.15, -0.1) is 6.58 Å². The van der Waals surface area contributed by atoms with Crippen molar-refractivity contribution in [3.05, 3.63) is 12.7 Å². The van der Waals surface area contributed by atoms with Crippen LogP contribution in [0.2, 0.25) is 0 Å². The highest BCUT2D eigenvalue weighted by Gasteiger charge is 2.24. The highest BCUT2D eigenvalue weighted by atomic mass is 15.2. The van der Waals surface area contributed by atoms with E-state index < -0.39 is 0 Å². The third kappa shape index (κ3) is 5.33. The van der Waals surface area contributed by atoms with Crippen molar-refractivity contribution in [3.8, 4) is 0 Å². The molecular formula is C13H28N2. The molecule has 1 atom stereocenters. The van der Waals surface area contributed by atoms with Crippen LogP contribution in [0.3, 0.4) is 0 Å². The lowest BCUT2D eigenvalue weighted by atomic mass is 9.93. The molecule has 0 aromatic heterocycles. The average Bonchev–Trinajstić information content (AvgIpc) is 2.09. The third-order valence-corrected chi connectivity index (χ3v) is 3.00. The van der Waals surface area contributed by atoms with Gasteiger partial charge in [-0.25, -0.2) is 0 Å². The fourth-order valence-electron chi connectivity index (χ4n) is 1.62. The second kappa shape index (κ2) is 6.29. The zero-order valence-corrected chi connectivity index (χ0v) is 11.1. The Bertz CT molecular complexity index is 179. The SMILES string of the molecule is C=CCN(CC(CN)C(C)C)C(C)(C)C. The highest BCUT2D eigenvalue weighted by Crippen LogP contribution is 2.18. The molecule has 2 nitrogen and oxygen atoms in total. The van der Waals surface area contributed by atoms with Crippen molar-refractivity contribution in [2.45, 2.75) is 40.2 Å². The fourth-order valence-corrected chi connectivity index (χ4v) is 1.62. The molecular weight excluding hydrogens is 184 g/mol. The molecule has 0 heterocycles. The molecule has 0 radical (unpaired) electrons. The molecule has 0 aliphatic rings. The predicted molar refractivity (Wildman–Crippen MR) is 68.9 cm³/mol. The Morgan fingerprint density at radius 3 is 2.13 bits per heavy atom. The molecule has 0 fully saturated rings. The summed E-state index contributed by atoms with van der Waals surface area (Å²) in [5.74, 6) is 1.22. The zero-order valence-electron chi connectivity index (χ0n) is 11.1. The Balaban J connectivity index is 4.45. The van der Waals surface area contributed by atoms with Crippen LogP contribution >= 0.6 is 0 Å². The van der Waals surface area contributed by atoms with Crippen LogP contribution in [0.5, 0.6) is 0 Å². The van der Waals surface area contributed by atoms with Gasteiger partial charge in [0.25, 0.3) is 0 Å². The topological polar surface area (TPSA) is 29.3 Å². The Morgan fingerprint density at radius 1 is 1.33 bits per heavy atom. The van der Waals surface area contributed by atoms with Crippen LogP contribution in [0.25, 0.3) is 0 Å². The molecule has 15 heavy (non-hydrogen) atoms. The molecule has 2 N–H and O–H groups in total. The van der Waals surface area contributed by atoms with Crippen LogP contribution in [0.15, 0.2) is 12.7 Å². The number of nitrogens with zero attached hydrogens (tertiary/aromatic N) is 1. The van der Waals surface area contributed by atoms with Gasteiger partial charge in [-0.1, -0.05) is 19.9 Å². The zero-order chi connectivity index (χ0) is 12.1. The van der Waals surface area contributed by atoms with Crippen LogP contribution in [0.1, 0.15) is 34.6 Å². The molecule has 0 aromatic rings. The number of hydrogen-bond donors (Lipinski definition) is 1. The lowest BCUT2D eigenvalue weighted by Crippen LogP contribution is -2.46. The Hall–Kier alpha value is -0.340. The number of hydrogen-bond acceptors (Lipinski definition) is 2. The largest absolute Gasteiger partial charge is 0.330 e. The van der Waals surface area contributed by atoms with Crippen LogP contribution in [-0.4, -0.2) is 30.1 Å². The molecule has 0 aromatic carbocycles. The van der Waals surface area contributed by atoms with E-state index in [0.717, 1.165) is 19.6 Å². The van der Waals surface area contributed by atoms with Gasteiger partial charge in [-0.3, -0.25) is 4.90 Å². The summed E-state index contributed by atoms with van der Waals surface area (Å²) < 4.78 is 0. The molecule has 0 rings (SSSR count). The van der Waals surface area contributed by atoms with Crippen LogP contribution < -0.4 is 5.73 Å². The van der Waals surface area contributed by atoms with Gasteiger partial charge >= 0.3 is 0 Å². The van der Waals surface area contributed by atoms with Gasteiger partial charge in [0.15, 0.2) is 0 Å². The maximum atomic E-state index is 5.81. The Labute approximate surface area is 95.5 Å². The van der Waals surface area contributed by atoms with E-state index in [1.54, 1.807) is 0 Å². The van der Waals surface area contributed by atoms with Gasteiger partial charge in [-0.05, 0) is 39.2 Å². The molecule has 0 amide bonds. The van der Waals surface area contributed by atoms with Crippen LogP contribution in [0, 0.1) is 11.8 Å². The van der Waals surface area contributed by atoms with E-state index in [4.69, 9.17) is 5.73 Å². The van der Waals surface area contributed by atoms with Crippen molar-refractivity contribution in [2.75, 3.05) is 19.6 Å². The van der Waals surface area contributed by atoms with Gasteiger partial charge in [0.05, 0.1) is 0 Å². The quantitative estimate of drug-likeness (QED) is 0.685. The van der Waals surface area contributed by atoms with Crippen LogP contribution in [-0.2, 0) is 0 Å². The summed E-state index contributed by atoms with van der Waals surface area (Å²) in [4.78, 5) is 2.44. The lowest BCUT2D eigenvalue weighted by molar-refractivity contribution is 0.117. The maximum absolute atomic E-state index is 5.81. The molecule has 90 valence electrons. The Morgan fingerprint density at radius 2 is 1.87 bits per heavy atom. The molecule has 0 aliphatic carbocycles. The molecule has 0 saturated carbocycles. The number of rotatable bonds is 6. The first-order valence-corrected chi connectivity index (χ1v) is 5.89. The van der Waals surface area contributed by atoms with E-state index in [1.807, 2.05) is 6.08 Å². The first kappa shape index (κ1) is 14.7. The normalized spacial score (nSPS) is 14.7. The minimum absolute atomic E-state index is 0.191. The monoisotopic (exact) mass is 212 g/mol. The summed E-state index contributed by atoms with van der Waals surface area (Å²) in [7, 11) is 0. The van der Waals surface area contributed by atoms with E-state index in [2.05, 4.69) is 46.1 Å². The van der Waals surface area contributed by atoms with Crippen molar-refractivity contribution in [3.63, 3.8) is 0 Å². The van der Waals surface area contributed by atoms with Crippen molar-refractivity contribution in [2.24, 2.45) is 17.6 Å². The minimum atomic E-state index is 0.191. The summed E-state index contributed by atoms with van der Waals surface area (Å²) in [6, 6.07) is 0. The van der Waals surface area contributed by atoms with E-state index in [-0.39, 0.29) is 5.54 Å². The highest BCUT2D eigenvalue weighted by molar-refractivity contribution is 4.85. The van der Waals surface area contributed by atoms with Crippen molar-refractivity contribution in [1.29, 1.82) is 0 Å². The summed E-state index contributed by atoms with van der Waals surface area (Å²) in [5.41, 5.74) is 6.00. The van der Waals surface area contributed by atoms with E-state index in [1.165, 1.54) is 0 Å². The van der Waals surface area contributed by atoms with Crippen LogP contribution in [0.4, 0.5) is 0 Å². The van der Waals surface area contributed by atoms with Gasteiger partial charge in [0, 0.05) is 18.6 Å². The van der Waals surface area contributed by atoms with Crippen molar-refractivity contribution < 1.29 is 0 Å². The lowest BCUT2D eigenvalue weighted by Gasteiger charge is -2.38. The van der Waals surface area contributed by atoms with Gasteiger partial charge in [0.1, 0.15) is 0 Å². The smallest absolute Gasteiger partial charge is 0.0165 e. The standard InChI is InChI=1S/C13H28N2/c1-7-8-15(13(4,5)6)10-12(9-14)11(2)3/h7,11-12H,1,8-10,14H2,2-6H3. The molecule has 0 saturated heterocycles. The molecule has 2 heteroatoms. The molecule has 0 aliphatic heterocycles. The first-order valence-electron chi connectivity index (χ1n) is 5.89. The minimum Gasteiger partial charge on any atom is -0.330 e. The van der Waals surface area contributed by atoms with Crippen molar-refractivity contribution >= 4 is 0 Å². The fraction of sp³-hybridized carbons (Fsp3) is 0.846.